The van der Waals surface area contributed by atoms with Crippen molar-refractivity contribution in [2.45, 2.75) is 20.3 Å². The van der Waals surface area contributed by atoms with Crippen molar-refractivity contribution in [2.75, 3.05) is 20.6 Å². The summed E-state index contributed by atoms with van der Waals surface area (Å²) in [5.74, 6) is -0.252. The van der Waals surface area contributed by atoms with E-state index in [1.807, 2.05) is 57.4 Å². The maximum atomic E-state index is 11.8. The predicted molar refractivity (Wildman–Crippen MR) is 72.6 cm³/mol. The number of benzene rings is 1. The lowest BCUT2D eigenvalue weighted by atomic mass is 10.1. The third kappa shape index (κ3) is 4.72. The number of quaternary nitrogens is 1. The van der Waals surface area contributed by atoms with Gasteiger partial charge in [0.25, 0.3) is 0 Å². The molecule has 0 radical (unpaired) electrons. The van der Waals surface area contributed by atoms with Crippen LogP contribution in [-0.4, -0.2) is 31.3 Å². The van der Waals surface area contributed by atoms with Gasteiger partial charge in [-0.15, -0.1) is 4.65 Å². The quantitative estimate of drug-likeness (QED) is 0.455. The highest BCUT2D eigenvalue weighted by atomic mass is 16.7. The molecule has 0 spiro atoms. The Morgan fingerprint density at radius 1 is 1.28 bits per heavy atom. The molecular weight excluding hydrogens is 226 g/mol. The van der Waals surface area contributed by atoms with Crippen LogP contribution < -0.4 is 0 Å². The van der Waals surface area contributed by atoms with E-state index in [0.717, 1.165) is 13.0 Å². The highest BCUT2D eigenvalue weighted by Gasteiger charge is 2.20. The normalized spacial score (nSPS) is 12.3. The van der Waals surface area contributed by atoms with Gasteiger partial charge in [0.15, 0.2) is 0 Å². The third-order valence-corrected chi connectivity index (χ3v) is 2.90. The zero-order valence-electron chi connectivity index (χ0n) is 11.6. The summed E-state index contributed by atoms with van der Waals surface area (Å²) in [4.78, 5) is 17.2. The van der Waals surface area contributed by atoms with E-state index in [9.17, 15) is 4.79 Å². The van der Waals surface area contributed by atoms with Gasteiger partial charge in [0.1, 0.15) is 20.6 Å². The van der Waals surface area contributed by atoms with Crippen LogP contribution in [0.2, 0.25) is 0 Å². The Labute approximate surface area is 109 Å². The molecule has 0 fully saturated rings. The van der Waals surface area contributed by atoms with Gasteiger partial charge in [-0.25, -0.2) is 4.79 Å². The molecule has 0 heterocycles. The number of hydroxylamine groups is 3. The van der Waals surface area contributed by atoms with Crippen LogP contribution in [0.5, 0.6) is 0 Å². The Bertz CT molecular complexity index is 421. The first-order valence-electron chi connectivity index (χ1n) is 6.22. The molecular formula is C15H22NO2+. The van der Waals surface area contributed by atoms with Crippen LogP contribution in [0.15, 0.2) is 42.0 Å². The van der Waals surface area contributed by atoms with Gasteiger partial charge in [-0.2, -0.15) is 0 Å². The lowest BCUT2D eigenvalue weighted by molar-refractivity contribution is -1.06. The van der Waals surface area contributed by atoms with Crippen LogP contribution >= 0.6 is 0 Å². The molecule has 98 valence electrons. The number of hydrogen-bond donors (Lipinski definition) is 0. The molecule has 1 rings (SSSR count). The molecule has 3 nitrogen and oxygen atoms in total. The molecule has 0 N–H and O–H groups in total. The van der Waals surface area contributed by atoms with E-state index in [2.05, 4.69) is 0 Å². The van der Waals surface area contributed by atoms with E-state index in [-0.39, 0.29) is 10.6 Å². The average molecular weight is 248 g/mol. The van der Waals surface area contributed by atoms with E-state index in [1.165, 1.54) is 5.56 Å². The van der Waals surface area contributed by atoms with Gasteiger partial charge >= 0.3 is 5.97 Å². The predicted octanol–water partition coefficient (Wildman–Crippen LogP) is 2.73. The minimum absolute atomic E-state index is 0.245. The second-order valence-electron chi connectivity index (χ2n) is 4.85. The fourth-order valence-electron chi connectivity index (χ4n) is 1.33. The zero-order valence-corrected chi connectivity index (χ0v) is 11.6. The van der Waals surface area contributed by atoms with E-state index >= 15 is 0 Å². The molecule has 0 unspecified atom stereocenters. The highest BCUT2D eigenvalue weighted by Crippen LogP contribution is 2.07. The Kier molecular flexibility index (Phi) is 5.10. The van der Waals surface area contributed by atoms with Crippen LogP contribution in [-0.2, 0) is 16.1 Å². The van der Waals surface area contributed by atoms with Crippen LogP contribution in [0.4, 0.5) is 0 Å². The molecule has 18 heavy (non-hydrogen) atoms. The van der Waals surface area contributed by atoms with Crippen LogP contribution in [0, 0.1) is 0 Å². The third-order valence-electron chi connectivity index (χ3n) is 2.90. The zero-order chi connectivity index (χ0) is 13.6. The molecule has 0 aliphatic heterocycles. The van der Waals surface area contributed by atoms with Gasteiger partial charge < -0.3 is 0 Å². The van der Waals surface area contributed by atoms with Gasteiger partial charge in [0.2, 0.25) is 0 Å². The summed E-state index contributed by atoms with van der Waals surface area (Å²) >= 11 is 0. The standard InChI is InChI=1S/C15H22NO2/c1-5-16(3,4)18-15(17)13(2)11-12-14-9-7-6-8-10-14/h6-11H,5,12H2,1-4H3/q+1/b13-11+. The maximum absolute atomic E-state index is 11.8. The number of nitrogens with zero attached hydrogens (tertiary/aromatic N) is 1. The van der Waals surface area contributed by atoms with Crippen molar-refractivity contribution in [1.82, 2.24) is 0 Å². The maximum Gasteiger partial charge on any atom is 0.392 e. The summed E-state index contributed by atoms with van der Waals surface area (Å²) in [5, 5.41) is 0. The molecule has 0 saturated heterocycles. The largest absolute Gasteiger partial charge is 0.392 e. The van der Waals surface area contributed by atoms with Crippen molar-refractivity contribution in [3.8, 4) is 0 Å². The lowest BCUT2D eigenvalue weighted by Crippen LogP contribution is -2.41. The Morgan fingerprint density at radius 2 is 1.89 bits per heavy atom. The SMILES string of the molecule is CC[N+](C)(C)OC(=O)/C(C)=C/Cc1ccccc1. The first kappa shape index (κ1) is 14.5. The second-order valence-corrected chi connectivity index (χ2v) is 4.85. The topological polar surface area (TPSA) is 26.3 Å². The van der Waals surface area contributed by atoms with Crippen molar-refractivity contribution in [3.05, 3.63) is 47.5 Å². The van der Waals surface area contributed by atoms with Crippen LogP contribution in [0.1, 0.15) is 19.4 Å². The molecule has 0 saturated carbocycles. The average Bonchev–Trinajstić information content (AvgIpc) is 2.36. The first-order valence-corrected chi connectivity index (χ1v) is 6.22. The minimum Gasteiger partial charge on any atom is -0.272 e. The van der Waals surface area contributed by atoms with Gasteiger partial charge in [0.05, 0.1) is 0 Å². The highest BCUT2D eigenvalue weighted by molar-refractivity contribution is 5.87. The van der Waals surface area contributed by atoms with E-state index in [0.29, 0.717) is 5.57 Å². The summed E-state index contributed by atoms with van der Waals surface area (Å²) in [7, 11) is 3.73. The molecule has 1 aromatic rings. The number of carbonyl (C=O) groups excluding carboxylic acids is 1. The number of hydrogen-bond acceptors (Lipinski definition) is 2. The summed E-state index contributed by atoms with van der Waals surface area (Å²) < 4.78 is 0.245. The molecule has 0 aromatic heterocycles. The monoisotopic (exact) mass is 248 g/mol. The fourth-order valence-corrected chi connectivity index (χ4v) is 1.33. The summed E-state index contributed by atoms with van der Waals surface area (Å²) in [6, 6.07) is 10.1. The fraction of sp³-hybridized carbons (Fsp3) is 0.400. The summed E-state index contributed by atoms with van der Waals surface area (Å²) in [6.45, 7) is 4.52. The summed E-state index contributed by atoms with van der Waals surface area (Å²) in [6.07, 6.45) is 2.66. The van der Waals surface area contributed by atoms with Crippen molar-refractivity contribution in [1.29, 1.82) is 0 Å². The Morgan fingerprint density at radius 3 is 2.44 bits per heavy atom. The van der Waals surface area contributed by atoms with Crippen LogP contribution in [0.3, 0.4) is 0 Å². The second kappa shape index (κ2) is 6.36. The number of rotatable bonds is 5. The van der Waals surface area contributed by atoms with E-state index in [1.54, 1.807) is 6.92 Å². The molecule has 1 aromatic carbocycles. The van der Waals surface area contributed by atoms with Gasteiger partial charge in [-0.1, -0.05) is 36.4 Å². The molecule has 3 heteroatoms. The first-order chi connectivity index (χ1) is 8.44. The molecule has 0 atom stereocenters. The molecule has 0 amide bonds. The van der Waals surface area contributed by atoms with E-state index in [4.69, 9.17) is 4.84 Å². The molecule has 0 aliphatic carbocycles. The van der Waals surface area contributed by atoms with Crippen molar-refractivity contribution >= 4 is 5.97 Å². The molecule has 0 bridgehead atoms. The summed E-state index contributed by atoms with van der Waals surface area (Å²) in [5.41, 5.74) is 1.84. The molecule has 0 aliphatic rings. The van der Waals surface area contributed by atoms with Crippen LogP contribution in [0.25, 0.3) is 0 Å². The number of carbonyl (C=O) groups is 1. The minimum atomic E-state index is -0.252. The van der Waals surface area contributed by atoms with Crippen molar-refractivity contribution < 1.29 is 14.3 Å². The Balaban J connectivity index is 2.59. The van der Waals surface area contributed by atoms with E-state index < -0.39 is 0 Å². The lowest BCUT2D eigenvalue weighted by Gasteiger charge is -2.24. The number of allylic oxidation sites excluding steroid dienone is 1. The van der Waals surface area contributed by atoms with Gasteiger partial charge in [0, 0.05) is 5.57 Å². The van der Waals surface area contributed by atoms with Gasteiger partial charge in [-0.05, 0) is 25.8 Å². The van der Waals surface area contributed by atoms with Crippen molar-refractivity contribution in [3.63, 3.8) is 0 Å². The Hall–Kier alpha value is -1.61. The smallest absolute Gasteiger partial charge is 0.272 e. The van der Waals surface area contributed by atoms with Gasteiger partial charge in [-0.3, -0.25) is 4.84 Å². The van der Waals surface area contributed by atoms with Crippen molar-refractivity contribution in [2.24, 2.45) is 0 Å².